The van der Waals surface area contributed by atoms with Crippen LogP contribution in [0.2, 0.25) is 0 Å². The number of rotatable bonds is 3. The summed E-state index contributed by atoms with van der Waals surface area (Å²) in [5.74, 6) is -1.69. The van der Waals surface area contributed by atoms with Crippen molar-refractivity contribution in [2.24, 2.45) is 0 Å². The molecule has 0 saturated heterocycles. The van der Waals surface area contributed by atoms with Gasteiger partial charge >= 0.3 is 0 Å². The zero-order valence-electron chi connectivity index (χ0n) is 13.2. The Balaban J connectivity index is 2.36. The normalized spacial score (nSPS) is 10.8. The van der Waals surface area contributed by atoms with E-state index in [1.165, 1.54) is 14.2 Å². The van der Waals surface area contributed by atoms with Crippen LogP contribution in [-0.2, 0) is 0 Å². The number of hydrogen-bond acceptors (Lipinski definition) is 8. The van der Waals surface area contributed by atoms with Gasteiger partial charge in [-0.2, -0.15) is 0 Å². The lowest BCUT2D eigenvalue weighted by Gasteiger charge is -2.11. The predicted octanol–water partition coefficient (Wildman–Crippen LogP) is 2.30. The van der Waals surface area contributed by atoms with Crippen molar-refractivity contribution in [3.8, 4) is 45.8 Å². The molecule has 3 rings (SSSR count). The second kappa shape index (κ2) is 5.82. The fourth-order valence-corrected chi connectivity index (χ4v) is 2.53. The molecule has 25 heavy (non-hydrogen) atoms. The Morgan fingerprint density at radius 3 is 2.20 bits per heavy atom. The topological polar surface area (TPSA) is 130 Å². The molecule has 0 aliphatic rings. The highest BCUT2D eigenvalue weighted by atomic mass is 16.5. The van der Waals surface area contributed by atoms with Crippen molar-refractivity contribution in [1.82, 2.24) is 0 Å². The van der Waals surface area contributed by atoms with Gasteiger partial charge in [0.15, 0.2) is 28.3 Å². The number of ether oxygens (including phenoxy) is 2. The number of aromatic hydroxyl groups is 4. The quantitative estimate of drug-likeness (QED) is 0.532. The molecule has 0 fully saturated rings. The third kappa shape index (κ3) is 2.53. The molecule has 1 aromatic heterocycles. The summed E-state index contributed by atoms with van der Waals surface area (Å²) in [6.45, 7) is 0. The summed E-state index contributed by atoms with van der Waals surface area (Å²) >= 11 is 0. The molecular weight excluding hydrogens is 332 g/mol. The summed E-state index contributed by atoms with van der Waals surface area (Å²) in [5, 5.41) is 39.6. The Morgan fingerprint density at radius 2 is 1.56 bits per heavy atom. The maximum atomic E-state index is 12.4. The van der Waals surface area contributed by atoms with Crippen molar-refractivity contribution in [2.45, 2.75) is 0 Å². The fraction of sp³-hybridized carbons (Fsp3) is 0.118. The Hall–Kier alpha value is -3.55. The van der Waals surface area contributed by atoms with Crippen LogP contribution in [0.5, 0.6) is 34.5 Å². The van der Waals surface area contributed by atoms with Crippen LogP contribution in [0.4, 0.5) is 0 Å². The van der Waals surface area contributed by atoms with Crippen LogP contribution >= 0.6 is 0 Å². The number of methoxy groups -OCH3 is 2. The van der Waals surface area contributed by atoms with E-state index in [4.69, 9.17) is 13.9 Å². The van der Waals surface area contributed by atoms with Crippen molar-refractivity contribution in [1.29, 1.82) is 0 Å². The van der Waals surface area contributed by atoms with Crippen LogP contribution in [0.15, 0.2) is 33.5 Å². The SMILES string of the molecule is COc1cc(O)c(-c2cc(=O)c3c(O)cc(O)c(OC)c3o2)cc1O. The van der Waals surface area contributed by atoms with E-state index in [2.05, 4.69) is 0 Å². The molecule has 0 aliphatic carbocycles. The molecule has 0 bridgehead atoms. The molecule has 0 amide bonds. The molecule has 8 nitrogen and oxygen atoms in total. The molecule has 8 heteroatoms. The van der Waals surface area contributed by atoms with Gasteiger partial charge in [-0.15, -0.1) is 0 Å². The van der Waals surface area contributed by atoms with Gasteiger partial charge in [-0.05, 0) is 6.07 Å². The van der Waals surface area contributed by atoms with Gasteiger partial charge in [0.1, 0.15) is 22.6 Å². The van der Waals surface area contributed by atoms with Gasteiger partial charge in [-0.3, -0.25) is 4.79 Å². The molecule has 0 atom stereocenters. The predicted molar refractivity (Wildman–Crippen MR) is 87.7 cm³/mol. The van der Waals surface area contributed by atoms with E-state index in [0.717, 1.165) is 24.3 Å². The minimum absolute atomic E-state index is 0.0159. The highest BCUT2D eigenvalue weighted by molar-refractivity contribution is 5.91. The summed E-state index contributed by atoms with van der Waals surface area (Å²) in [4.78, 5) is 12.4. The number of hydrogen-bond donors (Lipinski definition) is 4. The molecule has 3 aromatic rings. The van der Waals surface area contributed by atoms with Crippen LogP contribution in [0.25, 0.3) is 22.3 Å². The largest absolute Gasteiger partial charge is 0.507 e. The minimum atomic E-state index is -0.623. The van der Waals surface area contributed by atoms with Crippen LogP contribution in [0.3, 0.4) is 0 Å². The van der Waals surface area contributed by atoms with Gasteiger partial charge in [-0.25, -0.2) is 0 Å². The van der Waals surface area contributed by atoms with Crippen molar-refractivity contribution in [3.05, 3.63) is 34.5 Å². The monoisotopic (exact) mass is 346 g/mol. The summed E-state index contributed by atoms with van der Waals surface area (Å²) in [6.07, 6.45) is 0. The molecule has 4 N–H and O–H groups in total. The standard InChI is InChI=1S/C17H14O8/c1-23-14-5-8(18)7(3-9(14)19)13-6-11(21)15-10(20)4-12(22)16(24-2)17(15)25-13/h3-6,18-20,22H,1-2H3. The van der Waals surface area contributed by atoms with Crippen molar-refractivity contribution in [2.75, 3.05) is 14.2 Å². The number of benzene rings is 2. The van der Waals surface area contributed by atoms with Gasteiger partial charge in [-0.1, -0.05) is 0 Å². The second-order valence-corrected chi connectivity index (χ2v) is 5.17. The molecule has 130 valence electrons. The first-order valence-corrected chi connectivity index (χ1v) is 7.04. The zero-order chi connectivity index (χ0) is 18.3. The molecule has 0 saturated carbocycles. The Kier molecular flexibility index (Phi) is 3.80. The van der Waals surface area contributed by atoms with Crippen LogP contribution in [0.1, 0.15) is 0 Å². The van der Waals surface area contributed by atoms with E-state index in [1.807, 2.05) is 0 Å². The Morgan fingerprint density at radius 1 is 0.840 bits per heavy atom. The first-order chi connectivity index (χ1) is 11.9. The maximum Gasteiger partial charge on any atom is 0.204 e. The summed E-state index contributed by atoms with van der Waals surface area (Å²) in [7, 11) is 2.58. The molecule has 2 aromatic carbocycles. The van der Waals surface area contributed by atoms with Crippen LogP contribution < -0.4 is 14.9 Å². The molecule has 0 spiro atoms. The smallest absolute Gasteiger partial charge is 0.204 e. The van der Waals surface area contributed by atoms with Gasteiger partial charge in [0.2, 0.25) is 5.75 Å². The van der Waals surface area contributed by atoms with Crippen molar-refractivity contribution in [3.63, 3.8) is 0 Å². The summed E-state index contributed by atoms with van der Waals surface area (Å²) in [6, 6.07) is 4.33. The van der Waals surface area contributed by atoms with Crippen molar-refractivity contribution >= 4 is 11.0 Å². The van der Waals surface area contributed by atoms with Gasteiger partial charge in [0.05, 0.1) is 19.8 Å². The first kappa shape index (κ1) is 16.3. The summed E-state index contributed by atoms with van der Waals surface area (Å²) < 4.78 is 15.5. The van der Waals surface area contributed by atoms with Crippen molar-refractivity contribution < 1.29 is 34.3 Å². The van der Waals surface area contributed by atoms with Gasteiger partial charge in [0, 0.05) is 18.2 Å². The van der Waals surface area contributed by atoms with E-state index in [9.17, 15) is 25.2 Å². The second-order valence-electron chi connectivity index (χ2n) is 5.17. The number of phenols is 4. The molecule has 0 radical (unpaired) electrons. The lowest BCUT2D eigenvalue weighted by molar-refractivity contribution is 0.366. The lowest BCUT2D eigenvalue weighted by Crippen LogP contribution is -2.02. The number of fused-ring (bicyclic) bond motifs is 1. The Labute approximate surface area is 140 Å². The number of phenolic OH excluding ortho intramolecular Hbond substituents is 4. The lowest BCUT2D eigenvalue weighted by atomic mass is 10.1. The molecule has 1 heterocycles. The van der Waals surface area contributed by atoms with Crippen LogP contribution in [0, 0.1) is 0 Å². The Bertz CT molecular complexity index is 1040. The highest BCUT2D eigenvalue weighted by Gasteiger charge is 2.20. The summed E-state index contributed by atoms with van der Waals surface area (Å²) in [5.41, 5.74) is -0.804. The highest BCUT2D eigenvalue weighted by Crippen LogP contribution is 2.43. The van der Waals surface area contributed by atoms with E-state index in [-0.39, 0.29) is 45.3 Å². The molecular formula is C17H14O8. The third-order valence-electron chi connectivity index (χ3n) is 3.68. The average molecular weight is 346 g/mol. The average Bonchev–Trinajstić information content (AvgIpc) is 2.56. The minimum Gasteiger partial charge on any atom is -0.507 e. The van der Waals surface area contributed by atoms with Gasteiger partial charge in [0.25, 0.3) is 0 Å². The molecule has 0 unspecified atom stereocenters. The van der Waals surface area contributed by atoms with Gasteiger partial charge < -0.3 is 34.3 Å². The zero-order valence-corrected chi connectivity index (χ0v) is 13.2. The van der Waals surface area contributed by atoms with E-state index < -0.39 is 16.9 Å². The van der Waals surface area contributed by atoms with E-state index in [1.54, 1.807) is 0 Å². The fourth-order valence-electron chi connectivity index (χ4n) is 2.53. The van der Waals surface area contributed by atoms with E-state index >= 15 is 0 Å². The van der Waals surface area contributed by atoms with Crippen LogP contribution in [-0.4, -0.2) is 34.6 Å². The first-order valence-electron chi connectivity index (χ1n) is 7.04. The third-order valence-corrected chi connectivity index (χ3v) is 3.68. The maximum absolute atomic E-state index is 12.4. The molecule has 0 aliphatic heterocycles. The van der Waals surface area contributed by atoms with E-state index in [0.29, 0.717) is 0 Å².